The van der Waals surface area contributed by atoms with Crippen LogP contribution < -0.4 is 4.74 Å². The summed E-state index contributed by atoms with van der Waals surface area (Å²) in [6.45, 7) is 6.21. The van der Waals surface area contributed by atoms with Crippen LogP contribution in [0.4, 0.5) is 0 Å². The molecule has 1 fully saturated rings. The molecule has 1 unspecified atom stereocenters. The number of halogens is 2. The first-order chi connectivity index (χ1) is 14.1. The lowest BCUT2D eigenvalue weighted by Crippen LogP contribution is -2.52. The average Bonchev–Trinajstić information content (AvgIpc) is 2.74. The topological polar surface area (TPSA) is 32.8 Å². The lowest BCUT2D eigenvalue weighted by molar-refractivity contribution is -0.141. The second kappa shape index (κ2) is 10.9. The van der Waals surface area contributed by atoms with Crippen LogP contribution in [-0.4, -0.2) is 48.0 Å². The quantitative estimate of drug-likeness (QED) is 0.566. The van der Waals surface area contributed by atoms with Gasteiger partial charge in [0.25, 0.3) is 5.91 Å². The molecule has 4 nitrogen and oxygen atoms in total. The number of carbonyl (C=O) groups is 1. The van der Waals surface area contributed by atoms with Crippen molar-refractivity contribution < 1.29 is 9.53 Å². The van der Waals surface area contributed by atoms with E-state index in [4.69, 9.17) is 27.9 Å². The minimum absolute atomic E-state index is 0.0592. The highest BCUT2D eigenvalue weighted by Gasteiger charge is 2.28. The molecule has 1 atom stereocenters. The van der Waals surface area contributed by atoms with Crippen molar-refractivity contribution in [2.75, 3.05) is 26.2 Å². The number of nitrogens with zero attached hydrogens (tertiary/aromatic N) is 2. The zero-order valence-electron chi connectivity index (χ0n) is 16.8. The maximum atomic E-state index is 13.1. The van der Waals surface area contributed by atoms with E-state index in [1.54, 1.807) is 18.2 Å². The zero-order chi connectivity index (χ0) is 20.6. The van der Waals surface area contributed by atoms with Gasteiger partial charge >= 0.3 is 0 Å². The summed E-state index contributed by atoms with van der Waals surface area (Å²) in [7, 11) is 0. The minimum Gasteiger partial charge on any atom is -0.481 e. The number of benzene rings is 2. The van der Waals surface area contributed by atoms with E-state index in [0.29, 0.717) is 22.2 Å². The number of hydrogen-bond donors (Lipinski definition) is 0. The molecule has 1 saturated heterocycles. The van der Waals surface area contributed by atoms with Gasteiger partial charge in [-0.05, 0) is 30.5 Å². The van der Waals surface area contributed by atoms with Crippen molar-refractivity contribution in [3.8, 4) is 5.75 Å². The van der Waals surface area contributed by atoms with E-state index >= 15 is 0 Å². The first kappa shape index (κ1) is 21.9. The molecule has 0 saturated carbocycles. The van der Waals surface area contributed by atoms with E-state index in [0.717, 1.165) is 45.6 Å². The van der Waals surface area contributed by atoms with Crippen LogP contribution >= 0.6 is 23.2 Å². The molecule has 0 aromatic heterocycles. The standard InChI is InChI=1S/C23H28Cl2N2O2/c1-2-3-9-22(29-19-10-11-20(24)21(25)16-19)23(28)27-14-12-26(13-15-27)17-18-7-5-4-6-8-18/h4-8,10-11,16,22H,2-3,9,12-15,17H2,1H3. The van der Waals surface area contributed by atoms with Crippen LogP contribution in [0, 0.1) is 0 Å². The Labute approximate surface area is 183 Å². The minimum atomic E-state index is -0.493. The Bertz CT molecular complexity index is 793. The second-order valence-electron chi connectivity index (χ2n) is 7.41. The highest BCUT2D eigenvalue weighted by atomic mass is 35.5. The monoisotopic (exact) mass is 434 g/mol. The molecular weight excluding hydrogens is 407 g/mol. The summed E-state index contributed by atoms with van der Waals surface area (Å²) >= 11 is 12.1. The molecule has 1 heterocycles. The Morgan fingerprint density at radius 3 is 2.41 bits per heavy atom. The van der Waals surface area contributed by atoms with Crippen molar-refractivity contribution in [2.24, 2.45) is 0 Å². The summed E-state index contributed by atoms with van der Waals surface area (Å²) in [6.07, 6.45) is 2.15. The molecule has 0 radical (unpaired) electrons. The van der Waals surface area contributed by atoms with Gasteiger partial charge < -0.3 is 9.64 Å². The molecule has 1 aliphatic rings. The van der Waals surface area contributed by atoms with Gasteiger partial charge in [-0.1, -0.05) is 66.9 Å². The Kier molecular flexibility index (Phi) is 8.22. The summed E-state index contributed by atoms with van der Waals surface area (Å²) in [5.74, 6) is 0.639. The molecule has 156 valence electrons. The van der Waals surface area contributed by atoms with Crippen molar-refractivity contribution in [1.82, 2.24) is 9.80 Å². The molecule has 0 bridgehead atoms. The maximum absolute atomic E-state index is 13.1. The molecule has 2 aromatic rings. The summed E-state index contributed by atoms with van der Waals surface area (Å²) < 4.78 is 6.04. The number of amides is 1. The van der Waals surface area contributed by atoms with Crippen LogP contribution in [0.15, 0.2) is 48.5 Å². The second-order valence-corrected chi connectivity index (χ2v) is 8.23. The molecule has 1 amide bonds. The molecule has 1 aliphatic heterocycles. The molecule has 29 heavy (non-hydrogen) atoms. The van der Waals surface area contributed by atoms with Crippen LogP contribution in [0.2, 0.25) is 10.0 Å². The highest BCUT2D eigenvalue weighted by Crippen LogP contribution is 2.27. The summed E-state index contributed by atoms with van der Waals surface area (Å²) in [5, 5.41) is 0.908. The fourth-order valence-electron chi connectivity index (χ4n) is 3.51. The Morgan fingerprint density at radius 2 is 1.76 bits per heavy atom. The van der Waals surface area contributed by atoms with Gasteiger partial charge in [0.2, 0.25) is 0 Å². The Hall–Kier alpha value is -1.75. The van der Waals surface area contributed by atoms with Crippen LogP contribution in [0.1, 0.15) is 31.7 Å². The number of rotatable bonds is 8. The first-order valence-corrected chi connectivity index (χ1v) is 11.0. The lowest BCUT2D eigenvalue weighted by Gasteiger charge is -2.36. The van der Waals surface area contributed by atoms with Crippen molar-refractivity contribution in [3.63, 3.8) is 0 Å². The third-order valence-corrected chi connectivity index (χ3v) is 5.94. The van der Waals surface area contributed by atoms with Crippen LogP contribution in [0.5, 0.6) is 5.75 Å². The number of hydrogen-bond acceptors (Lipinski definition) is 3. The molecule has 0 spiro atoms. The highest BCUT2D eigenvalue weighted by molar-refractivity contribution is 6.42. The normalized spacial score (nSPS) is 15.9. The lowest BCUT2D eigenvalue weighted by atomic mass is 10.1. The Morgan fingerprint density at radius 1 is 1.03 bits per heavy atom. The summed E-state index contributed by atoms with van der Waals surface area (Å²) in [4.78, 5) is 17.5. The van der Waals surface area contributed by atoms with Crippen molar-refractivity contribution >= 4 is 29.1 Å². The first-order valence-electron chi connectivity index (χ1n) is 10.2. The smallest absolute Gasteiger partial charge is 0.263 e. The Balaban J connectivity index is 1.58. The van der Waals surface area contributed by atoms with E-state index in [9.17, 15) is 4.79 Å². The number of carbonyl (C=O) groups excluding carboxylic acids is 1. The van der Waals surface area contributed by atoms with Crippen LogP contribution in [0.3, 0.4) is 0 Å². The van der Waals surface area contributed by atoms with Crippen molar-refractivity contribution in [1.29, 1.82) is 0 Å². The van der Waals surface area contributed by atoms with Gasteiger partial charge in [-0.25, -0.2) is 0 Å². The number of ether oxygens (including phenoxy) is 1. The molecule has 0 N–H and O–H groups in total. The fourth-order valence-corrected chi connectivity index (χ4v) is 3.80. The number of piperazine rings is 1. The molecular formula is C23H28Cl2N2O2. The van der Waals surface area contributed by atoms with Crippen molar-refractivity contribution in [2.45, 2.75) is 38.8 Å². The van der Waals surface area contributed by atoms with E-state index in [2.05, 4.69) is 36.1 Å². The summed E-state index contributed by atoms with van der Waals surface area (Å²) in [5.41, 5.74) is 1.30. The van der Waals surface area contributed by atoms with Gasteiger partial charge in [0.15, 0.2) is 6.10 Å². The van der Waals surface area contributed by atoms with Gasteiger partial charge in [-0.3, -0.25) is 9.69 Å². The zero-order valence-corrected chi connectivity index (χ0v) is 18.3. The third kappa shape index (κ3) is 6.36. The van der Waals surface area contributed by atoms with Gasteiger partial charge in [-0.2, -0.15) is 0 Å². The predicted octanol–water partition coefficient (Wildman–Crippen LogP) is 5.28. The van der Waals surface area contributed by atoms with E-state index in [-0.39, 0.29) is 5.91 Å². The van der Waals surface area contributed by atoms with Crippen molar-refractivity contribution in [3.05, 3.63) is 64.1 Å². The molecule has 0 aliphatic carbocycles. The SMILES string of the molecule is CCCCC(Oc1ccc(Cl)c(Cl)c1)C(=O)N1CCN(Cc2ccccc2)CC1. The van der Waals surface area contributed by atoms with Crippen LogP contribution in [-0.2, 0) is 11.3 Å². The van der Waals surface area contributed by atoms with Gasteiger partial charge in [0.05, 0.1) is 10.0 Å². The molecule has 6 heteroatoms. The van der Waals surface area contributed by atoms with Gasteiger partial charge in [0, 0.05) is 38.8 Å². The van der Waals surface area contributed by atoms with Gasteiger partial charge in [0.1, 0.15) is 5.75 Å². The largest absolute Gasteiger partial charge is 0.481 e. The average molecular weight is 435 g/mol. The number of unbranched alkanes of at least 4 members (excludes halogenated alkanes) is 1. The fraction of sp³-hybridized carbons (Fsp3) is 0.435. The van der Waals surface area contributed by atoms with Crippen LogP contribution in [0.25, 0.3) is 0 Å². The predicted molar refractivity (Wildman–Crippen MR) is 119 cm³/mol. The third-order valence-electron chi connectivity index (χ3n) is 5.20. The van der Waals surface area contributed by atoms with E-state index in [1.807, 2.05) is 11.0 Å². The maximum Gasteiger partial charge on any atom is 0.263 e. The van der Waals surface area contributed by atoms with Gasteiger partial charge in [-0.15, -0.1) is 0 Å². The molecule has 3 rings (SSSR count). The summed E-state index contributed by atoms with van der Waals surface area (Å²) in [6, 6.07) is 15.6. The molecule has 2 aromatic carbocycles. The van der Waals surface area contributed by atoms with E-state index < -0.39 is 6.10 Å². The van der Waals surface area contributed by atoms with E-state index in [1.165, 1.54) is 5.56 Å².